The van der Waals surface area contributed by atoms with Gasteiger partial charge in [-0.2, -0.15) is 11.8 Å². The molecule has 5 heteroatoms. The van der Waals surface area contributed by atoms with E-state index in [2.05, 4.69) is 22.0 Å². The molecule has 1 saturated carbocycles. The van der Waals surface area contributed by atoms with Crippen LogP contribution in [0.15, 0.2) is 24.3 Å². The summed E-state index contributed by atoms with van der Waals surface area (Å²) in [6.45, 7) is 3.25. The highest BCUT2D eigenvalue weighted by atomic mass is 35.5. The van der Waals surface area contributed by atoms with Gasteiger partial charge in [0.25, 0.3) is 0 Å². The normalized spacial score (nSPS) is 24.3. The summed E-state index contributed by atoms with van der Waals surface area (Å²) in [4.78, 5) is 16.0. The third-order valence-corrected chi connectivity index (χ3v) is 8.50. The van der Waals surface area contributed by atoms with Gasteiger partial charge in [-0.1, -0.05) is 36.6 Å². The van der Waals surface area contributed by atoms with E-state index in [-0.39, 0.29) is 11.3 Å². The third-order valence-electron chi connectivity index (χ3n) is 7.20. The fourth-order valence-corrected chi connectivity index (χ4v) is 6.58. The van der Waals surface area contributed by atoms with Gasteiger partial charge in [0.1, 0.15) is 0 Å². The van der Waals surface area contributed by atoms with Crippen LogP contribution in [0.25, 0.3) is 0 Å². The van der Waals surface area contributed by atoms with E-state index in [1.54, 1.807) is 0 Å². The Kier molecular flexibility index (Phi) is 6.90. The Bertz CT molecular complexity index is 645. The molecule has 3 aliphatic rings. The lowest BCUT2D eigenvalue weighted by Crippen LogP contribution is -2.47. The first-order chi connectivity index (χ1) is 13.7. The topological polar surface area (TPSA) is 32.3 Å². The molecule has 1 aromatic carbocycles. The Morgan fingerprint density at radius 3 is 2.36 bits per heavy atom. The molecule has 2 aliphatic heterocycles. The molecule has 28 heavy (non-hydrogen) atoms. The second-order valence-electron chi connectivity index (χ2n) is 8.83. The Hall–Kier alpha value is -0.710. The molecule has 2 saturated heterocycles. The van der Waals surface area contributed by atoms with Gasteiger partial charge in [0.05, 0.1) is 5.41 Å². The standard InChI is InChI=1S/C23H33ClN2OS/c24-20-5-3-19(4-6-20)23(11-1-2-12-23)22(27)25-17-18-7-13-26(14-8-18)21-9-15-28-16-10-21/h3-6,18,21H,1-2,7-17H2,(H,25,27). The minimum atomic E-state index is -0.342. The summed E-state index contributed by atoms with van der Waals surface area (Å²) in [7, 11) is 0. The van der Waals surface area contributed by atoms with Crippen molar-refractivity contribution in [1.29, 1.82) is 0 Å². The van der Waals surface area contributed by atoms with E-state index in [0.717, 1.165) is 48.9 Å². The Labute approximate surface area is 179 Å². The highest BCUT2D eigenvalue weighted by Crippen LogP contribution is 2.41. The number of hydrogen-bond acceptors (Lipinski definition) is 3. The number of amides is 1. The number of piperidine rings is 1. The van der Waals surface area contributed by atoms with Crippen molar-refractivity contribution in [2.24, 2.45) is 5.92 Å². The lowest BCUT2D eigenvalue weighted by Gasteiger charge is -2.39. The zero-order valence-electron chi connectivity index (χ0n) is 16.8. The molecular weight excluding hydrogens is 388 g/mol. The molecule has 1 amide bonds. The summed E-state index contributed by atoms with van der Waals surface area (Å²) in [5.41, 5.74) is 0.794. The predicted molar refractivity (Wildman–Crippen MR) is 119 cm³/mol. The van der Waals surface area contributed by atoms with Crippen molar-refractivity contribution in [3.05, 3.63) is 34.9 Å². The molecule has 0 atom stereocenters. The molecule has 3 nitrogen and oxygen atoms in total. The van der Waals surface area contributed by atoms with E-state index in [0.29, 0.717) is 5.92 Å². The van der Waals surface area contributed by atoms with Crippen LogP contribution >= 0.6 is 23.4 Å². The molecule has 154 valence electrons. The van der Waals surface area contributed by atoms with Crippen LogP contribution in [0, 0.1) is 5.92 Å². The van der Waals surface area contributed by atoms with Crippen LogP contribution in [0.5, 0.6) is 0 Å². The van der Waals surface area contributed by atoms with Crippen LogP contribution in [0.3, 0.4) is 0 Å². The fraction of sp³-hybridized carbons (Fsp3) is 0.696. The number of nitrogens with one attached hydrogen (secondary N) is 1. The Morgan fingerprint density at radius 1 is 1.07 bits per heavy atom. The number of likely N-dealkylation sites (tertiary alicyclic amines) is 1. The first-order valence-corrected chi connectivity index (χ1v) is 12.6. The van der Waals surface area contributed by atoms with Gasteiger partial charge in [-0.05, 0) is 86.7 Å². The maximum Gasteiger partial charge on any atom is 0.230 e. The monoisotopic (exact) mass is 420 g/mol. The molecule has 4 rings (SSSR count). The van der Waals surface area contributed by atoms with E-state index in [4.69, 9.17) is 11.6 Å². The molecule has 0 radical (unpaired) electrons. The number of halogens is 1. The van der Waals surface area contributed by atoms with Gasteiger partial charge in [0.2, 0.25) is 5.91 Å². The average Bonchev–Trinajstić information content (AvgIpc) is 3.25. The summed E-state index contributed by atoms with van der Waals surface area (Å²) in [5.74, 6) is 3.52. The van der Waals surface area contributed by atoms with Crippen LogP contribution in [0.1, 0.15) is 56.9 Å². The summed E-state index contributed by atoms with van der Waals surface area (Å²) in [6, 6.07) is 8.75. The number of nitrogens with zero attached hydrogens (tertiary/aromatic N) is 1. The van der Waals surface area contributed by atoms with Gasteiger partial charge in [-0.15, -0.1) is 0 Å². The van der Waals surface area contributed by atoms with Crippen molar-refractivity contribution >= 4 is 29.3 Å². The van der Waals surface area contributed by atoms with Crippen molar-refractivity contribution in [2.45, 2.75) is 62.8 Å². The first-order valence-electron chi connectivity index (χ1n) is 11.0. The van der Waals surface area contributed by atoms with Crippen molar-refractivity contribution in [3.63, 3.8) is 0 Å². The zero-order chi connectivity index (χ0) is 19.4. The number of carbonyl (C=O) groups excluding carboxylic acids is 1. The minimum Gasteiger partial charge on any atom is -0.355 e. The van der Waals surface area contributed by atoms with Crippen molar-refractivity contribution < 1.29 is 4.79 Å². The second kappa shape index (κ2) is 9.40. The SMILES string of the molecule is O=C(NCC1CCN(C2CCSCC2)CC1)C1(c2ccc(Cl)cc2)CCCC1. The number of hydrogen-bond donors (Lipinski definition) is 1. The minimum absolute atomic E-state index is 0.235. The molecule has 1 N–H and O–H groups in total. The van der Waals surface area contributed by atoms with Crippen LogP contribution in [0.4, 0.5) is 0 Å². The molecular formula is C23H33ClN2OS. The van der Waals surface area contributed by atoms with E-state index in [9.17, 15) is 4.79 Å². The fourth-order valence-electron chi connectivity index (χ4n) is 5.37. The lowest BCUT2D eigenvalue weighted by molar-refractivity contribution is -0.127. The molecule has 2 heterocycles. The van der Waals surface area contributed by atoms with Gasteiger partial charge < -0.3 is 10.2 Å². The molecule has 3 fully saturated rings. The predicted octanol–water partition coefficient (Wildman–Crippen LogP) is 4.88. The van der Waals surface area contributed by atoms with Gasteiger partial charge in [-0.25, -0.2) is 0 Å². The van der Waals surface area contributed by atoms with Crippen molar-refractivity contribution in [2.75, 3.05) is 31.1 Å². The maximum atomic E-state index is 13.3. The second-order valence-corrected chi connectivity index (χ2v) is 10.5. The molecule has 0 aromatic heterocycles. The molecule has 1 aliphatic carbocycles. The summed E-state index contributed by atoms with van der Waals surface area (Å²) < 4.78 is 0. The highest BCUT2D eigenvalue weighted by Gasteiger charge is 2.42. The Morgan fingerprint density at radius 2 is 1.71 bits per heavy atom. The number of thioether (sulfide) groups is 1. The molecule has 0 unspecified atom stereocenters. The van der Waals surface area contributed by atoms with E-state index >= 15 is 0 Å². The quantitative estimate of drug-likeness (QED) is 0.737. The van der Waals surface area contributed by atoms with Crippen molar-refractivity contribution in [1.82, 2.24) is 10.2 Å². The smallest absolute Gasteiger partial charge is 0.230 e. The van der Waals surface area contributed by atoms with Gasteiger partial charge >= 0.3 is 0 Å². The van der Waals surface area contributed by atoms with Gasteiger partial charge in [0, 0.05) is 17.6 Å². The van der Waals surface area contributed by atoms with Crippen LogP contribution in [-0.4, -0.2) is 48.0 Å². The largest absolute Gasteiger partial charge is 0.355 e. The molecule has 1 aromatic rings. The van der Waals surface area contributed by atoms with E-state index in [1.807, 2.05) is 24.3 Å². The van der Waals surface area contributed by atoms with Gasteiger partial charge in [0.15, 0.2) is 0 Å². The number of carbonyl (C=O) groups is 1. The highest BCUT2D eigenvalue weighted by molar-refractivity contribution is 7.99. The summed E-state index contributed by atoms with van der Waals surface area (Å²) in [6.07, 6.45) is 9.33. The summed E-state index contributed by atoms with van der Waals surface area (Å²) in [5, 5.41) is 4.09. The van der Waals surface area contributed by atoms with Crippen LogP contribution in [0.2, 0.25) is 5.02 Å². The molecule has 0 bridgehead atoms. The average molecular weight is 421 g/mol. The lowest BCUT2D eigenvalue weighted by atomic mass is 9.78. The summed E-state index contributed by atoms with van der Waals surface area (Å²) >= 11 is 8.17. The first kappa shape index (κ1) is 20.6. The van der Waals surface area contributed by atoms with Crippen molar-refractivity contribution in [3.8, 4) is 0 Å². The third kappa shape index (κ3) is 4.55. The van der Waals surface area contributed by atoms with Crippen LogP contribution < -0.4 is 5.32 Å². The zero-order valence-corrected chi connectivity index (χ0v) is 18.4. The van der Waals surface area contributed by atoms with Gasteiger partial charge in [-0.3, -0.25) is 4.79 Å². The maximum absolute atomic E-state index is 13.3. The number of rotatable bonds is 5. The van der Waals surface area contributed by atoms with E-state index in [1.165, 1.54) is 50.3 Å². The Balaban J connectivity index is 1.30. The molecule has 0 spiro atoms. The number of benzene rings is 1. The van der Waals surface area contributed by atoms with E-state index < -0.39 is 0 Å². The van der Waals surface area contributed by atoms with Crippen LogP contribution in [-0.2, 0) is 10.2 Å².